The minimum atomic E-state index is -3.04. The molecule has 1 aromatic heterocycles. The van der Waals surface area contributed by atoms with E-state index in [1.165, 1.54) is 0 Å². The van der Waals surface area contributed by atoms with Gasteiger partial charge in [0.2, 0.25) is 0 Å². The van der Waals surface area contributed by atoms with Crippen LogP contribution >= 0.6 is 11.9 Å². The predicted molar refractivity (Wildman–Crippen MR) is 117 cm³/mol. The minimum Gasteiger partial charge on any atom is -0.346 e. The summed E-state index contributed by atoms with van der Waals surface area (Å²) in [6, 6.07) is 11.9. The summed E-state index contributed by atoms with van der Waals surface area (Å²) in [6.45, 7) is 5.41. The van der Waals surface area contributed by atoms with Gasteiger partial charge in [-0.1, -0.05) is 42.3 Å². The molecule has 2 unspecified atom stereocenters. The molecular formula is C22H28F3N3O2S. The van der Waals surface area contributed by atoms with Gasteiger partial charge in [-0.25, -0.2) is 0 Å². The van der Waals surface area contributed by atoms with Gasteiger partial charge in [0, 0.05) is 11.8 Å². The Labute approximate surface area is 185 Å². The highest BCUT2D eigenvalue weighted by atomic mass is 32.2. The highest BCUT2D eigenvalue weighted by molar-refractivity contribution is 7.96. The first-order valence-corrected chi connectivity index (χ1v) is 11.0. The number of nitrogens with zero attached hydrogens (tertiary/aromatic N) is 2. The quantitative estimate of drug-likeness (QED) is 0.610. The number of aromatic nitrogens is 1. The van der Waals surface area contributed by atoms with Crippen molar-refractivity contribution in [2.75, 3.05) is 20.0 Å². The van der Waals surface area contributed by atoms with Crippen molar-refractivity contribution >= 4 is 17.9 Å². The SMILES string of the molecule is CF.CSNC(C)c1ccc(-c2ccc(C3CN(C(=O)C(F)F)C(C)(C)O3)cc2)cn1. The number of carbonyl (C=O) groups excluding carboxylic acids is 1. The Kier molecular flexibility index (Phi) is 8.90. The maximum Gasteiger partial charge on any atom is 0.315 e. The molecule has 1 saturated heterocycles. The van der Waals surface area contributed by atoms with Crippen molar-refractivity contribution in [3.05, 3.63) is 53.9 Å². The van der Waals surface area contributed by atoms with E-state index in [-0.39, 0.29) is 12.6 Å². The summed E-state index contributed by atoms with van der Waals surface area (Å²) in [4.78, 5) is 17.4. The number of amides is 1. The zero-order valence-corrected chi connectivity index (χ0v) is 19.1. The number of hydrogen-bond donors (Lipinski definition) is 1. The van der Waals surface area contributed by atoms with E-state index in [4.69, 9.17) is 4.74 Å². The summed E-state index contributed by atoms with van der Waals surface area (Å²) in [6.07, 6.45) is 0.328. The summed E-state index contributed by atoms with van der Waals surface area (Å²) in [5.74, 6) is -1.20. The fourth-order valence-electron chi connectivity index (χ4n) is 3.44. The van der Waals surface area contributed by atoms with Crippen molar-refractivity contribution in [2.45, 2.75) is 45.1 Å². The lowest BCUT2D eigenvalue weighted by molar-refractivity contribution is -0.157. The van der Waals surface area contributed by atoms with Gasteiger partial charge in [0.25, 0.3) is 5.91 Å². The standard InChI is InChI=1S/C21H25F2N3O2S.CH3F/c1-13(25-29-4)17-10-9-16(11-24-17)14-5-7-15(8-6-14)18-12-26(20(27)19(22)23)21(2,3)28-18;1-2/h5-11,13,18-19,25H,12H2,1-4H3;1H3. The normalized spacial score (nSPS) is 18.5. The third-order valence-electron chi connectivity index (χ3n) is 5.02. The van der Waals surface area contributed by atoms with Gasteiger partial charge < -0.3 is 9.64 Å². The van der Waals surface area contributed by atoms with E-state index in [9.17, 15) is 18.0 Å². The average molecular weight is 456 g/mol. The number of ether oxygens (including phenoxy) is 1. The number of rotatable bonds is 6. The van der Waals surface area contributed by atoms with E-state index < -0.39 is 24.2 Å². The molecule has 1 aliphatic rings. The molecule has 1 amide bonds. The minimum absolute atomic E-state index is 0.103. The monoisotopic (exact) mass is 455 g/mol. The number of alkyl halides is 3. The number of benzene rings is 1. The van der Waals surface area contributed by atoms with Crippen LogP contribution in [0, 0.1) is 0 Å². The molecule has 31 heavy (non-hydrogen) atoms. The summed E-state index contributed by atoms with van der Waals surface area (Å²) in [5.41, 5.74) is 2.71. The molecule has 0 spiro atoms. The lowest BCUT2D eigenvalue weighted by Crippen LogP contribution is -2.46. The van der Waals surface area contributed by atoms with Gasteiger partial charge in [-0.2, -0.15) is 8.78 Å². The number of hydrogen-bond acceptors (Lipinski definition) is 5. The van der Waals surface area contributed by atoms with Crippen molar-refractivity contribution in [1.82, 2.24) is 14.6 Å². The molecule has 0 aliphatic carbocycles. The van der Waals surface area contributed by atoms with E-state index in [0.29, 0.717) is 7.18 Å². The van der Waals surface area contributed by atoms with Gasteiger partial charge >= 0.3 is 6.43 Å². The second kappa shape index (κ2) is 11.0. The molecule has 1 aliphatic heterocycles. The predicted octanol–water partition coefficient (Wildman–Crippen LogP) is 5.16. The fourth-order valence-corrected chi connectivity index (χ4v) is 3.92. The van der Waals surface area contributed by atoms with Crippen molar-refractivity contribution in [1.29, 1.82) is 0 Å². The van der Waals surface area contributed by atoms with Gasteiger partial charge in [0.1, 0.15) is 11.8 Å². The molecule has 1 aromatic carbocycles. The Balaban J connectivity index is 0.00000166. The number of halogens is 3. The summed E-state index contributed by atoms with van der Waals surface area (Å²) < 4.78 is 44.3. The second-order valence-corrected chi connectivity index (χ2v) is 8.08. The Hall–Kier alpha value is -2.10. The highest BCUT2D eigenvalue weighted by Crippen LogP contribution is 2.37. The van der Waals surface area contributed by atoms with Crippen LogP contribution in [0.5, 0.6) is 0 Å². The summed E-state index contributed by atoms with van der Waals surface area (Å²) in [7, 11) is 0.500. The Morgan fingerprint density at radius 1 is 1.19 bits per heavy atom. The van der Waals surface area contributed by atoms with Gasteiger partial charge in [-0.15, -0.1) is 0 Å². The molecule has 2 atom stereocenters. The lowest BCUT2D eigenvalue weighted by Gasteiger charge is -2.29. The first kappa shape index (κ1) is 25.2. The van der Waals surface area contributed by atoms with Gasteiger partial charge in [-0.05, 0) is 44.2 Å². The molecule has 5 nitrogen and oxygen atoms in total. The van der Waals surface area contributed by atoms with Crippen LogP contribution in [-0.2, 0) is 9.53 Å². The van der Waals surface area contributed by atoms with E-state index in [0.717, 1.165) is 27.3 Å². The molecule has 0 saturated carbocycles. The first-order valence-electron chi connectivity index (χ1n) is 9.73. The molecule has 170 valence electrons. The summed E-state index contributed by atoms with van der Waals surface area (Å²) >= 11 is 1.55. The molecule has 0 radical (unpaired) electrons. The van der Waals surface area contributed by atoms with Crippen molar-refractivity contribution in [3.8, 4) is 11.1 Å². The smallest absolute Gasteiger partial charge is 0.315 e. The number of carbonyl (C=O) groups is 1. The van der Waals surface area contributed by atoms with E-state index in [2.05, 4.69) is 16.6 Å². The van der Waals surface area contributed by atoms with Crippen molar-refractivity contribution in [2.24, 2.45) is 0 Å². The van der Waals surface area contributed by atoms with Gasteiger partial charge in [0.05, 0.1) is 25.5 Å². The molecule has 2 aromatic rings. The van der Waals surface area contributed by atoms with Gasteiger partial charge in [-0.3, -0.25) is 18.9 Å². The summed E-state index contributed by atoms with van der Waals surface area (Å²) in [5, 5.41) is 0. The largest absolute Gasteiger partial charge is 0.346 e. The molecule has 3 rings (SSSR count). The molecular weight excluding hydrogens is 427 g/mol. The number of pyridine rings is 1. The van der Waals surface area contributed by atoms with Crippen LogP contribution in [0.25, 0.3) is 11.1 Å². The average Bonchev–Trinajstić information content (AvgIpc) is 3.10. The van der Waals surface area contributed by atoms with Crippen molar-refractivity contribution < 1.29 is 22.7 Å². The maximum atomic E-state index is 12.9. The van der Waals surface area contributed by atoms with Crippen LogP contribution in [0.4, 0.5) is 13.2 Å². The molecule has 1 fully saturated rings. The zero-order valence-electron chi connectivity index (χ0n) is 18.2. The second-order valence-electron chi connectivity index (χ2n) is 7.44. The van der Waals surface area contributed by atoms with Crippen LogP contribution < -0.4 is 4.72 Å². The van der Waals surface area contributed by atoms with Crippen LogP contribution in [-0.4, -0.2) is 47.9 Å². The molecule has 9 heteroatoms. The Bertz CT molecular complexity index is 848. The topological polar surface area (TPSA) is 54.5 Å². The first-order chi connectivity index (χ1) is 14.7. The lowest BCUT2D eigenvalue weighted by atomic mass is 10.0. The van der Waals surface area contributed by atoms with E-state index in [1.54, 1.807) is 25.8 Å². The van der Waals surface area contributed by atoms with Crippen LogP contribution in [0.2, 0.25) is 0 Å². The molecule has 0 bridgehead atoms. The highest BCUT2D eigenvalue weighted by Gasteiger charge is 2.45. The third kappa shape index (κ3) is 5.99. The maximum absolute atomic E-state index is 12.9. The van der Waals surface area contributed by atoms with Crippen LogP contribution in [0.3, 0.4) is 0 Å². The van der Waals surface area contributed by atoms with Gasteiger partial charge in [0.15, 0.2) is 0 Å². The number of nitrogens with one attached hydrogen (secondary N) is 1. The van der Waals surface area contributed by atoms with Crippen LogP contribution in [0.15, 0.2) is 42.6 Å². The molecule has 1 N–H and O–H groups in total. The zero-order chi connectivity index (χ0) is 23.2. The Morgan fingerprint density at radius 3 is 2.32 bits per heavy atom. The third-order valence-corrected chi connectivity index (χ3v) is 5.61. The molecule has 2 heterocycles. The van der Waals surface area contributed by atoms with E-state index in [1.807, 2.05) is 48.9 Å². The van der Waals surface area contributed by atoms with Crippen LogP contribution in [0.1, 0.15) is 44.2 Å². The Morgan fingerprint density at radius 2 is 1.81 bits per heavy atom. The van der Waals surface area contributed by atoms with Crippen molar-refractivity contribution in [3.63, 3.8) is 0 Å². The fraction of sp³-hybridized carbons (Fsp3) is 0.455. The van der Waals surface area contributed by atoms with E-state index >= 15 is 0 Å².